The van der Waals surface area contributed by atoms with Gasteiger partial charge in [-0.15, -0.1) is 0 Å². The lowest BCUT2D eigenvalue weighted by Gasteiger charge is -1.94. The lowest BCUT2D eigenvalue weighted by atomic mass is 10.2. The van der Waals surface area contributed by atoms with E-state index in [-0.39, 0.29) is 7.43 Å². The molecule has 0 bridgehead atoms. The van der Waals surface area contributed by atoms with Crippen molar-refractivity contribution in [2.24, 2.45) is 0 Å². The molecular formula is C13H22N2. The Bertz CT molecular complexity index is 355. The molecule has 84 valence electrons. The van der Waals surface area contributed by atoms with E-state index in [0.29, 0.717) is 5.92 Å². The molecule has 0 saturated heterocycles. The Labute approximate surface area is 93.0 Å². The van der Waals surface area contributed by atoms with E-state index in [9.17, 15) is 0 Å². The van der Waals surface area contributed by atoms with Crippen molar-refractivity contribution in [3.63, 3.8) is 0 Å². The molecule has 2 nitrogen and oxygen atoms in total. The fourth-order valence-corrected chi connectivity index (χ4v) is 1.23. The van der Waals surface area contributed by atoms with Crippen LogP contribution in [0.4, 0.5) is 0 Å². The second-order valence-corrected chi connectivity index (χ2v) is 3.29. The standard InChI is InChI=1S/C10H12N2.C2H6.CH4/c1-8(2)9-7-12-6-4-3-5-10(12)11-9;1-2;/h3-8H,1-2H3;1-2H3;1H4. The van der Waals surface area contributed by atoms with Crippen molar-refractivity contribution < 1.29 is 0 Å². The van der Waals surface area contributed by atoms with Gasteiger partial charge in [0, 0.05) is 12.4 Å². The first kappa shape index (κ1) is 13.7. The van der Waals surface area contributed by atoms with Crippen molar-refractivity contribution in [3.05, 3.63) is 36.3 Å². The van der Waals surface area contributed by atoms with Crippen molar-refractivity contribution in [1.29, 1.82) is 0 Å². The number of hydrogen-bond acceptors (Lipinski definition) is 1. The van der Waals surface area contributed by atoms with Crippen molar-refractivity contribution in [1.82, 2.24) is 9.38 Å². The van der Waals surface area contributed by atoms with Gasteiger partial charge in [0.05, 0.1) is 5.69 Å². The summed E-state index contributed by atoms with van der Waals surface area (Å²) in [5, 5.41) is 0. The summed E-state index contributed by atoms with van der Waals surface area (Å²) >= 11 is 0. The van der Waals surface area contributed by atoms with E-state index in [2.05, 4.69) is 29.4 Å². The van der Waals surface area contributed by atoms with Crippen LogP contribution in [0.2, 0.25) is 0 Å². The quantitative estimate of drug-likeness (QED) is 0.686. The molecular weight excluding hydrogens is 184 g/mol. The Kier molecular flexibility index (Phi) is 5.68. The second-order valence-electron chi connectivity index (χ2n) is 3.29. The van der Waals surface area contributed by atoms with E-state index in [1.54, 1.807) is 0 Å². The van der Waals surface area contributed by atoms with Gasteiger partial charge >= 0.3 is 0 Å². The second kappa shape index (κ2) is 6.23. The third-order valence-electron chi connectivity index (χ3n) is 1.97. The fourth-order valence-electron chi connectivity index (χ4n) is 1.23. The Hall–Kier alpha value is -1.31. The molecule has 0 amide bonds. The summed E-state index contributed by atoms with van der Waals surface area (Å²) in [4.78, 5) is 4.48. The molecule has 0 aliphatic rings. The molecule has 0 aromatic carbocycles. The molecule has 0 fully saturated rings. The summed E-state index contributed by atoms with van der Waals surface area (Å²) in [6.45, 7) is 8.31. The van der Waals surface area contributed by atoms with Crippen LogP contribution in [0, 0.1) is 0 Å². The van der Waals surface area contributed by atoms with Crippen molar-refractivity contribution in [2.45, 2.75) is 41.0 Å². The molecule has 2 aromatic heterocycles. The molecule has 2 aromatic rings. The summed E-state index contributed by atoms with van der Waals surface area (Å²) in [7, 11) is 0. The fraction of sp³-hybridized carbons (Fsp3) is 0.462. The normalized spacial score (nSPS) is 9.40. The monoisotopic (exact) mass is 206 g/mol. The number of aromatic nitrogens is 2. The summed E-state index contributed by atoms with van der Waals surface area (Å²) < 4.78 is 2.05. The summed E-state index contributed by atoms with van der Waals surface area (Å²) in [6.07, 6.45) is 4.11. The Morgan fingerprint density at radius 3 is 2.40 bits per heavy atom. The van der Waals surface area contributed by atoms with Crippen molar-refractivity contribution >= 4 is 5.65 Å². The average molecular weight is 206 g/mol. The molecule has 2 rings (SSSR count). The van der Waals surface area contributed by atoms with Gasteiger partial charge < -0.3 is 4.40 Å². The highest BCUT2D eigenvalue weighted by Gasteiger charge is 2.03. The van der Waals surface area contributed by atoms with Gasteiger partial charge in [0.25, 0.3) is 0 Å². The van der Waals surface area contributed by atoms with Crippen LogP contribution in [0.25, 0.3) is 5.65 Å². The third-order valence-corrected chi connectivity index (χ3v) is 1.97. The number of nitrogens with zero attached hydrogens (tertiary/aromatic N) is 2. The van der Waals surface area contributed by atoms with E-state index in [1.165, 1.54) is 0 Å². The van der Waals surface area contributed by atoms with Crippen LogP contribution in [-0.2, 0) is 0 Å². The molecule has 0 spiro atoms. The topological polar surface area (TPSA) is 17.3 Å². The van der Waals surface area contributed by atoms with Crippen LogP contribution >= 0.6 is 0 Å². The number of imidazole rings is 1. The molecule has 0 N–H and O–H groups in total. The molecule has 0 atom stereocenters. The predicted octanol–water partition coefficient (Wildman–Crippen LogP) is 4.12. The maximum Gasteiger partial charge on any atom is 0.136 e. The van der Waals surface area contributed by atoms with E-state index < -0.39 is 0 Å². The summed E-state index contributed by atoms with van der Waals surface area (Å²) in [6, 6.07) is 6.04. The van der Waals surface area contributed by atoms with Gasteiger partial charge in [-0.25, -0.2) is 4.98 Å². The van der Waals surface area contributed by atoms with Crippen LogP contribution in [0.15, 0.2) is 30.6 Å². The Morgan fingerprint density at radius 1 is 1.20 bits per heavy atom. The first-order chi connectivity index (χ1) is 6.77. The zero-order chi connectivity index (χ0) is 10.6. The van der Waals surface area contributed by atoms with Gasteiger partial charge in [-0.05, 0) is 18.1 Å². The van der Waals surface area contributed by atoms with E-state index in [4.69, 9.17) is 0 Å². The molecule has 2 heteroatoms. The smallest absolute Gasteiger partial charge is 0.136 e. The summed E-state index contributed by atoms with van der Waals surface area (Å²) in [5.41, 5.74) is 2.18. The number of pyridine rings is 1. The minimum absolute atomic E-state index is 0. The Balaban J connectivity index is 0.000000617. The largest absolute Gasteiger partial charge is 0.307 e. The van der Waals surface area contributed by atoms with Gasteiger partial charge in [-0.3, -0.25) is 0 Å². The first-order valence-electron chi connectivity index (χ1n) is 5.21. The average Bonchev–Trinajstić information content (AvgIpc) is 2.64. The summed E-state index contributed by atoms with van der Waals surface area (Å²) in [5.74, 6) is 0.505. The van der Waals surface area contributed by atoms with Crippen molar-refractivity contribution in [3.8, 4) is 0 Å². The SMILES string of the molecule is C.CC.CC(C)c1cn2ccccc2n1. The lowest BCUT2D eigenvalue weighted by Crippen LogP contribution is -1.84. The molecule has 0 radical (unpaired) electrons. The van der Waals surface area contributed by atoms with Crippen LogP contribution < -0.4 is 0 Å². The lowest BCUT2D eigenvalue weighted by molar-refractivity contribution is 0.834. The first-order valence-corrected chi connectivity index (χ1v) is 5.21. The van der Waals surface area contributed by atoms with Crippen LogP contribution in [-0.4, -0.2) is 9.38 Å². The van der Waals surface area contributed by atoms with Crippen LogP contribution in [0.3, 0.4) is 0 Å². The highest BCUT2D eigenvalue weighted by atomic mass is 15.0. The highest BCUT2D eigenvalue weighted by molar-refractivity contribution is 5.39. The zero-order valence-electron chi connectivity index (χ0n) is 9.36. The maximum atomic E-state index is 4.48. The van der Waals surface area contributed by atoms with Crippen molar-refractivity contribution in [2.75, 3.05) is 0 Å². The van der Waals surface area contributed by atoms with E-state index in [0.717, 1.165) is 11.3 Å². The van der Waals surface area contributed by atoms with Crippen LogP contribution in [0.5, 0.6) is 0 Å². The number of fused-ring (bicyclic) bond motifs is 1. The van der Waals surface area contributed by atoms with Crippen LogP contribution in [0.1, 0.15) is 46.7 Å². The van der Waals surface area contributed by atoms with Gasteiger partial charge in [-0.1, -0.05) is 41.2 Å². The number of rotatable bonds is 1. The van der Waals surface area contributed by atoms with Gasteiger partial charge in [0.15, 0.2) is 0 Å². The molecule has 0 aliphatic carbocycles. The molecule has 0 unspecified atom stereocenters. The molecule has 2 heterocycles. The van der Waals surface area contributed by atoms with E-state index in [1.807, 2.05) is 38.2 Å². The minimum Gasteiger partial charge on any atom is -0.307 e. The third kappa shape index (κ3) is 3.08. The predicted molar refractivity (Wildman–Crippen MR) is 67.4 cm³/mol. The van der Waals surface area contributed by atoms with Gasteiger partial charge in [0.1, 0.15) is 5.65 Å². The molecule has 0 saturated carbocycles. The van der Waals surface area contributed by atoms with E-state index >= 15 is 0 Å². The van der Waals surface area contributed by atoms with Gasteiger partial charge in [-0.2, -0.15) is 0 Å². The minimum atomic E-state index is 0. The molecule has 0 aliphatic heterocycles. The highest BCUT2D eigenvalue weighted by Crippen LogP contribution is 2.13. The zero-order valence-corrected chi connectivity index (χ0v) is 9.36. The van der Waals surface area contributed by atoms with Gasteiger partial charge in [0.2, 0.25) is 0 Å². The molecule has 15 heavy (non-hydrogen) atoms. The number of hydrogen-bond donors (Lipinski definition) is 0. The Morgan fingerprint density at radius 2 is 1.87 bits per heavy atom. The maximum absolute atomic E-state index is 4.48.